The number of piperidine rings is 1. The number of allylic oxidation sites excluding steroid dienone is 1. The van der Waals surface area contributed by atoms with Crippen molar-refractivity contribution in [2.24, 2.45) is 5.92 Å². The minimum absolute atomic E-state index is 0.0435. The molecule has 1 aliphatic heterocycles. The number of benzene rings is 2. The minimum Gasteiger partial charge on any atom is -0.457 e. The van der Waals surface area contributed by atoms with Crippen LogP contribution in [0, 0.1) is 17.2 Å². The third kappa shape index (κ3) is 4.83. The number of nitrogen functional groups attached to an aromatic ring is 1. The van der Waals surface area contributed by atoms with E-state index in [9.17, 15) is 10.1 Å². The van der Waals surface area contributed by atoms with Gasteiger partial charge in [-0.1, -0.05) is 24.3 Å². The van der Waals surface area contributed by atoms with Gasteiger partial charge in [-0.2, -0.15) is 10.4 Å². The van der Waals surface area contributed by atoms with Crippen molar-refractivity contribution < 1.29 is 9.53 Å². The molecule has 1 saturated heterocycles. The number of rotatable bonds is 6. The maximum Gasteiger partial charge on any atom is 0.264 e. The van der Waals surface area contributed by atoms with Gasteiger partial charge in [-0.15, -0.1) is 0 Å². The molecule has 2 aromatic carbocycles. The zero-order valence-electron chi connectivity index (χ0n) is 20.9. The summed E-state index contributed by atoms with van der Waals surface area (Å²) >= 11 is 0. The lowest BCUT2D eigenvalue weighted by molar-refractivity contribution is -0.127. The van der Waals surface area contributed by atoms with Crippen molar-refractivity contribution in [2.75, 3.05) is 18.8 Å². The van der Waals surface area contributed by atoms with Crippen LogP contribution in [0.2, 0.25) is 0 Å². The normalized spacial score (nSPS) is 17.8. The molecule has 6 rings (SSSR count). The van der Waals surface area contributed by atoms with Crippen LogP contribution in [-0.4, -0.2) is 39.1 Å². The third-order valence-electron chi connectivity index (χ3n) is 7.20. The quantitative estimate of drug-likeness (QED) is 0.262. The standard InChI is InChI=1S/C30H28N6O2/c31-17-22(15-19-8-9-19)30(37)36-14-4-5-21(18-36)25-16-26-27(29(32)35-34-26)28(33-25)20-10-12-24(13-11-20)38-23-6-2-1-3-7-23/h1-3,6-7,10-13,15-16,19,21H,4-5,8-9,14,18H2,(H3,32,34,35)/b22-15+/t21-/m1/s1. The van der Waals surface area contributed by atoms with Gasteiger partial charge in [-0.05, 0) is 74.1 Å². The molecule has 0 bridgehead atoms. The van der Waals surface area contributed by atoms with Crippen LogP contribution in [0.3, 0.4) is 0 Å². The topological polar surface area (TPSA) is 121 Å². The molecule has 190 valence electrons. The second-order valence-corrected chi connectivity index (χ2v) is 9.99. The number of anilines is 1. The van der Waals surface area contributed by atoms with Gasteiger partial charge in [-0.3, -0.25) is 14.9 Å². The van der Waals surface area contributed by atoms with Gasteiger partial charge in [0.05, 0.1) is 16.6 Å². The van der Waals surface area contributed by atoms with Gasteiger partial charge in [-0.25, -0.2) is 0 Å². The van der Waals surface area contributed by atoms with E-state index in [0.29, 0.717) is 24.8 Å². The average Bonchev–Trinajstić information content (AvgIpc) is 3.71. The highest BCUT2D eigenvalue weighted by Gasteiger charge is 2.30. The number of aromatic nitrogens is 3. The predicted octanol–water partition coefficient (Wildman–Crippen LogP) is 5.57. The smallest absolute Gasteiger partial charge is 0.264 e. The molecule has 1 aliphatic carbocycles. The largest absolute Gasteiger partial charge is 0.457 e. The number of amides is 1. The Hall–Kier alpha value is -4.64. The van der Waals surface area contributed by atoms with Gasteiger partial charge in [0.25, 0.3) is 5.91 Å². The lowest BCUT2D eigenvalue weighted by atomic mass is 9.92. The Bertz CT molecular complexity index is 1550. The molecule has 8 nitrogen and oxygen atoms in total. The average molecular weight is 505 g/mol. The molecule has 3 heterocycles. The number of nitrogens with one attached hydrogen (secondary N) is 1. The van der Waals surface area contributed by atoms with Gasteiger partial charge in [0.2, 0.25) is 0 Å². The van der Waals surface area contributed by atoms with E-state index >= 15 is 0 Å². The van der Waals surface area contributed by atoms with Gasteiger partial charge in [0.1, 0.15) is 23.1 Å². The number of aromatic amines is 1. The Balaban J connectivity index is 1.29. The van der Waals surface area contributed by atoms with E-state index in [0.717, 1.165) is 65.0 Å². The molecule has 2 aromatic heterocycles. The number of carbonyl (C=O) groups is 1. The fourth-order valence-electron chi connectivity index (χ4n) is 5.04. The molecule has 8 heteroatoms. The van der Waals surface area contributed by atoms with Crippen molar-refractivity contribution in [1.82, 2.24) is 20.1 Å². The van der Waals surface area contributed by atoms with Crippen molar-refractivity contribution in [3.8, 4) is 28.8 Å². The first-order chi connectivity index (χ1) is 18.6. The number of likely N-dealkylation sites (tertiary alicyclic amines) is 1. The van der Waals surface area contributed by atoms with Crippen LogP contribution in [0.5, 0.6) is 11.5 Å². The number of ether oxygens (including phenoxy) is 1. The number of nitrogens with zero attached hydrogens (tertiary/aromatic N) is 4. The fraction of sp³-hybridized carbons (Fsp3) is 0.267. The van der Waals surface area contributed by atoms with E-state index in [1.54, 1.807) is 4.90 Å². The molecule has 1 saturated carbocycles. The predicted molar refractivity (Wildman–Crippen MR) is 145 cm³/mol. The molecular weight excluding hydrogens is 476 g/mol. The summed E-state index contributed by atoms with van der Waals surface area (Å²) in [5.74, 6) is 2.12. The lowest BCUT2D eigenvalue weighted by Crippen LogP contribution is -2.40. The van der Waals surface area contributed by atoms with Gasteiger partial charge < -0.3 is 15.4 Å². The van der Waals surface area contributed by atoms with E-state index in [1.807, 2.05) is 66.7 Å². The number of nitriles is 1. The Morgan fingerprint density at radius 2 is 1.87 bits per heavy atom. The Morgan fingerprint density at radius 1 is 1.11 bits per heavy atom. The first kappa shape index (κ1) is 23.7. The summed E-state index contributed by atoms with van der Waals surface area (Å²) in [6, 6.07) is 21.5. The lowest BCUT2D eigenvalue weighted by Gasteiger charge is -2.32. The summed E-state index contributed by atoms with van der Waals surface area (Å²) in [7, 11) is 0. The van der Waals surface area contributed by atoms with Crippen LogP contribution in [0.25, 0.3) is 22.2 Å². The molecule has 38 heavy (non-hydrogen) atoms. The highest BCUT2D eigenvalue weighted by atomic mass is 16.5. The number of hydrogen-bond donors (Lipinski definition) is 2. The number of H-pyrrole nitrogens is 1. The third-order valence-corrected chi connectivity index (χ3v) is 7.20. The fourth-order valence-corrected chi connectivity index (χ4v) is 5.04. The molecule has 0 unspecified atom stereocenters. The molecule has 1 atom stereocenters. The van der Waals surface area contributed by atoms with Crippen LogP contribution in [0.15, 0.2) is 72.3 Å². The summed E-state index contributed by atoms with van der Waals surface area (Å²) in [6.07, 6.45) is 5.71. The van der Waals surface area contributed by atoms with E-state index in [1.165, 1.54) is 0 Å². The van der Waals surface area contributed by atoms with Gasteiger partial charge in [0, 0.05) is 30.3 Å². The molecular formula is C30H28N6O2. The molecule has 0 spiro atoms. The van der Waals surface area contributed by atoms with Gasteiger partial charge >= 0.3 is 0 Å². The van der Waals surface area contributed by atoms with Crippen LogP contribution in [-0.2, 0) is 4.79 Å². The number of nitrogens with two attached hydrogens (primary N) is 1. The number of pyridine rings is 1. The highest BCUT2D eigenvalue weighted by Crippen LogP contribution is 2.36. The van der Waals surface area contributed by atoms with Crippen molar-refractivity contribution in [2.45, 2.75) is 31.6 Å². The number of hydrogen-bond acceptors (Lipinski definition) is 6. The van der Waals surface area contributed by atoms with Crippen LogP contribution in [0.1, 0.15) is 37.3 Å². The Labute approximate surface area is 220 Å². The van der Waals surface area contributed by atoms with Crippen LogP contribution in [0.4, 0.5) is 5.82 Å². The van der Waals surface area contributed by atoms with Crippen molar-refractivity contribution in [3.63, 3.8) is 0 Å². The Kier molecular flexibility index (Phi) is 6.26. The van der Waals surface area contributed by atoms with Crippen molar-refractivity contribution in [1.29, 1.82) is 5.26 Å². The number of fused-ring (bicyclic) bond motifs is 1. The summed E-state index contributed by atoms with van der Waals surface area (Å²) < 4.78 is 5.95. The van der Waals surface area contributed by atoms with Crippen molar-refractivity contribution in [3.05, 3.63) is 78.0 Å². The molecule has 2 fully saturated rings. The zero-order chi connectivity index (χ0) is 26.1. The molecule has 4 aromatic rings. The summed E-state index contributed by atoms with van der Waals surface area (Å²) in [6.45, 7) is 1.17. The number of para-hydroxylation sites is 1. The highest BCUT2D eigenvalue weighted by molar-refractivity contribution is 6.00. The second kappa shape index (κ2) is 10.0. The maximum absolute atomic E-state index is 13.1. The number of carbonyl (C=O) groups excluding carboxylic acids is 1. The first-order valence-corrected chi connectivity index (χ1v) is 13.0. The molecule has 3 N–H and O–H groups in total. The molecule has 1 amide bonds. The van der Waals surface area contributed by atoms with Gasteiger partial charge in [0.15, 0.2) is 5.82 Å². The first-order valence-electron chi connectivity index (χ1n) is 13.0. The Morgan fingerprint density at radius 3 is 2.61 bits per heavy atom. The summed E-state index contributed by atoms with van der Waals surface area (Å²) in [5.41, 5.74) is 9.82. The summed E-state index contributed by atoms with van der Waals surface area (Å²) in [5, 5.41) is 17.6. The van der Waals surface area contributed by atoms with E-state index in [2.05, 4.69) is 16.3 Å². The van der Waals surface area contributed by atoms with Crippen LogP contribution >= 0.6 is 0 Å². The SMILES string of the molecule is N#C/C(=C\C1CC1)C(=O)N1CCC[C@@H](c2cc3[nH]nc(N)c3c(-c3ccc(Oc4ccccc4)cc3)n2)C1. The molecule has 0 radical (unpaired) electrons. The monoisotopic (exact) mass is 504 g/mol. The zero-order valence-corrected chi connectivity index (χ0v) is 20.9. The second-order valence-electron chi connectivity index (χ2n) is 9.99. The van der Waals surface area contributed by atoms with Crippen LogP contribution < -0.4 is 10.5 Å². The molecule has 2 aliphatic rings. The minimum atomic E-state index is -0.176. The van der Waals surface area contributed by atoms with E-state index in [4.69, 9.17) is 15.5 Å². The van der Waals surface area contributed by atoms with Crippen molar-refractivity contribution >= 4 is 22.6 Å². The maximum atomic E-state index is 13.1. The summed E-state index contributed by atoms with van der Waals surface area (Å²) in [4.78, 5) is 20.0. The van der Waals surface area contributed by atoms with E-state index in [-0.39, 0.29) is 17.4 Å². The van der Waals surface area contributed by atoms with E-state index < -0.39 is 0 Å².